The number of amidine groups is 1. The Labute approximate surface area is 205 Å². The fraction of sp³-hybridized carbons (Fsp3) is 0.261. The van der Waals surface area contributed by atoms with E-state index in [1.807, 2.05) is 25.1 Å². The number of thioether (sulfide) groups is 1. The van der Waals surface area contributed by atoms with Gasteiger partial charge in [0.15, 0.2) is 16.7 Å². The zero-order valence-electron chi connectivity index (χ0n) is 18.2. The van der Waals surface area contributed by atoms with Crippen LogP contribution in [0.2, 0.25) is 0 Å². The van der Waals surface area contributed by atoms with Gasteiger partial charge in [-0.3, -0.25) is 9.69 Å². The van der Waals surface area contributed by atoms with Crippen molar-refractivity contribution in [3.63, 3.8) is 0 Å². The molecule has 2 aromatic rings. The minimum absolute atomic E-state index is 0.154. The number of benzene rings is 2. The second-order valence-electron chi connectivity index (χ2n) is 6.61. The van der Waals surface area contributed by atoms with Gasteiger partial charge in [0.1, 0.15) is 0 Å². The molecule has 1 aliphatic heterocycles. The lowest BCUT2D eigenvalue weighted by Crippen LogP contribution is -2.23. The molecular weight excluding hydrogens is 543 g/mol. The van der Waals surface area contributed by atoms with Gasteiger partial charge in [0.25, 0.3) is 5.91 Å². The number of esters is 1. The monoisotopic (exact) mass is 566 g/mol. The summed E-state index contributed by atoms with van der Waals surface area (Å²) >= 11 is 3.46. The lowest BCUT2D eigenvalue weighted by molar-refractivity contribution is -0.121. The fourth-order valence-corrected chi connectivity index (χ4v) is 4.71. The second kappa shape index (κ2) is 10.9. The predicted molar refractivity (Wildman–Crippen MR) is 135 cm³/mol. The molecule has 1 fully saturated rings. The van der Waals surface area contributed by atoms with Gasteiger partial charge < -0.3 is 14.2 Å². The van der Waals surface area contributed by atoms with Crippen LogP contribution in [0.3, 0.4) is 0 Å². The topological polar surface area (TPSA) is 77.4 Å². The highest BCUT2D eigenvalue weighted by Crippen LogP contribution is 2.37. The number of ether oxygens (including phenoxy) is 3. The number of carbonyl (C=O) groups excluding carboxylic acids is 2. The number of likely N-dealkylation sites (N-methyl/N-ethyl adjacent to an activating group) is 1. The van der Waals surface area contributed by atoms with Gasteiger partial charge in [-0.1, -0.05) is 6.07 Å². The smallest absolute Gasteiger partial charge is 0.338 e. The number of aliphatic imine (C=N–C) groups is 1. The first-order valence-corrected chi connectivity index (χ1v) is 11.8. The number of hydrogen-bond acceptors (Lipinski definition) is 7. The van der Waals surface area contributed by atoms with Crippen molar-refractivity contribution in [3.8, 4) is 11.5 Å². The van der Waals surface area contributed by atoms with Gasteiger partial charge in [-0.2, -0.15) is 0 Å². The Balaban J connectivity index is 1.89. The number of nitrogens with zero attached hydrogens (tertiary/aromatic N) is 2. The first-order chi connectivity index (χ1) is 15.4. The van der Waals surface area contributed by atoms with Crippen LogP contribution in [0.5, 0.6) is 11.5 Å². The van der Waals surface area contributed by atoms with E-state index in [-0.39, 0.29) is 5.91 Å². The molecule has 168 valence electrons. The summed E-state index contributed by atoms with van der Waals surface area (Å²) in [5, 5.41) is 0.523. The van der Waals surface area contributed by atoms with E-state index in [1.54, 1.807) is 45.3 Å². The highest BCUT2D eigenvalue weighted by molar-refractivity contribution is 14.1. The van der Waals surface area contributed by atoms with Crippen LogP contribution in [-0.4, -0.2) is 49.3 Å². The summed E-state index contributed by atoms with van der Waals surface area (Å²) in [5.41, 5.74) is 1.80. The summed E-state index contributed by atoms with van der Waals surface area (Å²) in [6.45, 7) is 4.50. The minimum Gasteiger partial charge on any atom is -0.493 e. The van der Waals surface area contributed by atoms with Gasteiger partial charge in [0.05, 0.1) is 40.0 Å². The molecule has 9 heteroatoms. The molecule has 1 heterocycles. The van der Waals surface area contributed by atoms with E-state index in [4.69, 9.17) is 14.2 Å². The molecule has 3 rings (SSSR count). The number of hydrogen-bond donors (Lipinski definition) is 0. The van der Waals surface area contributed by atoms with E-state index in [0.29, 0.717) is 46.0 Å². The van der Waals surface area contributed by atoms with Crippen LogP contribution < -0.4 is 9.47 Å². The van der Waals surface area contributed by atoms with Crippen LogP contribution >= 0.6 is 34.4 Å². The van der Waals surface area contributed by atoms with Crippen molar-refractivity contribution in [2.75, 3.05) is 27.4 Å². The van der Waals surface area contributed by atoms with E-state index in [1.165, 1.54) is 16.7 Å². The van der Waals surface area contributed by atoms with Crippen LogP contribution in [-0.2, 0) is 9.53 Å². The van der Waals surface area contributed by atoms with Gasteiger partial charge in [0, 0.05) is 7.05 Å². The standard InChI is InChI=1S/C23H23IN2O5S/c1-5-30-20-17(24)10-14(11-18(20)29-4)12-19-21(27)26(3)23(32-19)25-16-9-7-8-15(13-16)22(28)31-6-2/h7-13H,5-6H2,1-4H3. The third-order valence-corrected chi connectivity index (χ3v) is 6.29. The number of amides is 1. The zero-order chi connectivity index (χ0) is 23.3. The first kappa shape index (κ1) is 24.1. The molecule has 1 saturated heterocycles. The van der Waals surface area contributed by atoms with E-state index in [0.717, 1.165) is 9.13 Å². The Kier molecular flexibility index (Phi) is 8.19. The van der Waals surface area contributed by atoms with Crippen molar-refractivity contribution in [3.05, 3.63) is 56.0 Å². The van der Waals surface area contributed by atoms with E-state index < -0.39 is 5.97 Å². The van der Waals surface area contributed by atoms with Crippen LogP contribution in [0.15, 0.2) is 46.3 Å². The summed E-state index contributed by atoms with van der Waals surface area (Å²) in [6, 6.07) is 10.6. The average Bonchev–Trinajstić information content (AvgIpc) is 3.03. The molecule has 1 aliphatic rings. The van der Waals surface area contributed by atoms with Crippen molar-refractivity contribution in [1.29, 1.82) is 0 Å². The fourth-order valence-electron chi connectivity index (χ4n) is 2.94. The molecule has 2 aromatic carbocycles. The highest BCUT2D eigenvalue weighted by Gasteiger charge is 2.30. The van der Waals surface area contributed by atoms with Crippen molar-refractivity contribution in [2.24, 2.45) is 4.99 Å². The molecule has 7 nitrogen and oxygen atoms in total. The zero-order valence-corrected chi connectivity index (χ0v) is 21.2. The Morgan fingerprint density at radius 3 is 2.69 bits per heavy atom. The van der Waals surface area contributed by atoms with Crippen molar-refractivity contribution >= 4 is 63.2 Å². The van der Waals surface area contributed by atoms with Gasteiger partial charge in [-0.05, 0) is 90.2 Å². The molecule has 0 N–H and O–H groups in total. The lowest BCUT2D eigenvalue weighted by atomic mass is 10.2. The van der Waals surface area contributed by atoms with Crippen LogP contribution in [0.1, 0.15) is 29.8 Å². The summed E-state index contributed by atoms with van der Waals surface area (Å²) in [4.78, 5) is 31.4. The Hall–Kier alpha value is -2.53. The third-order valence-electron chi connectivity index (χ3n) is 4.42. The van der Waals surface area contributed by atoms with Crippen LogP contribution in [0, 0.1) is 3.57 Å². The first-order valence-electron chi connectivity index (χ1n) is 9.91. The largest absolute Gasteiger partial charge is 0.493 e. The highest BCUT2D eigenvalue weighted by atomic mass is 127. The molecule has 0 aliphatic carbocycles. The van der Waals surface area contributed by atoms with E-state index >= 15 is 0 Å². The maximum atomic E-state index is 12.8. The molecule has 0 bridgehead atoms. The molecule has 0 radical (unpaired) electrons. The second-order valence-corrected chi connectivity index (χ2v) is 8.78. The van der Waals surface area contributed by atoms with Gasteiger partial charge in [-0.15, -0.1) is 0 Å². The molecule has 0 spiro atoms. The SMILES string of the molecule is CCOC(=O)c1cccc(N=C2SC(=Cc3cc(I)c(OCC)c(OC)c3)C(=O)N2C)c1. The normalized spacial score (nSPS) is 16.0. The number of methoxy groups -OCH3 is 1. The minimum atomic E-state index is -0.405. The predicted octanol–water partition coefficient (Wildman–Crippen LogP) is 5.11. The molecule has 0 aromatic heterocycles. The van der Waals surface area contributed by atoms with E-state index in [9.17, 15) is 9.59 Å². The van der Waals surface area contributed by atoms with Crippen molar-refractivity contribution < 1.29 is 23.8 Å². The Morgan fingerprint density at radius 1 is 1.22 bits per heavy atom. The Morgan fingerprint density at radius 2 is 2.00 bits per heavy atom. The molecule has 32 heavy (non-hydrogen) atoms. The van der Waals surface area contributed by atoms with E-state index in [2.05, 4.69) is 27.6 Å². The summed E-state index contributed by atoms with van der Waals surface area (Å²) < 4.78 is 17.1. The summed E-state index contributed by atoms with van der Waals surface area (Å²) in [5.74, 6) is 0.735. The number of carbonyl (C=O) groups is 2. The number of rotatable bonds is 7. The number of halogens is 1. The lowest BCUT2D eigenvalue weighted by Gasteiger charge is -2.12. The van der Waals surface area contributed by atoms with Crippen LogP contribution in [0.4, 0.5) is 5.69 Å². The Bertz CT molecular complexity index is 1100. The maximum absolute atomic E-state index is 12.8. The summed E-state index contributed by atoms with van der Waals surface area (Å²) in [7, 11) is 3.26. The van der Waals surface area contributed by atoms with Gasteiger partial charge in [0.2, 0.25) is 0 Å². The molecule has 0 atom stereocenters. The van der Waals surface area contributed by atoms with Gasteiger partial charge in [-0.25, -0.2) is 9.79 Å². The van der Waals surface area contributed by atoms with Gasteiger partial charge >= 0.3 is 5.97 Å². The summed E-state index contributed by atoms with van der Waals surface area (Å²) in [6.07, 6.45) is 1.81. The quantitative estimate of drug-likeness (QED) is 0.264. The van der Waals surface area contributed by atoms with Crippen LogP contribution in [0.25, 0.3) is 6.08 Å². The molecule has 1 amide bonds. The van der Waals surface area contributed by atoms with Crippen molar-refractivity contribution in [1.82, 2.24) is 4.90 Å². The average molecular weight is 566 g/mol. The molecule has 0 saturated carbocycles. The molecule has 0 unspecified atom stereocenters. The molecular formula is C23H23IN2O5S. The van der Waals surface area contributed by atoms with Crippen molar-refractivity contribution in [2.45, 2.75) is 13.8 Å². The third kappa shape index (κ3) is 5.44. The maximum Gasteiger partial charge on any atom is 0.338 e.